The zero-order valence-electron chi connectivity index (χ0n) is 14.8. The average Bonchev–Trinajstić information content (AvgIpc) is 3.03. The summed E-state index contributed by atoms with van der Waals surface area (Å²) in [5.41, 5.74) is 0.715. The van der Waals surface area contributed by atoms with Crippen molar-refractivity contribution in [2.24, 2.45) is 0 Å². The molecular weight excluding hydrogens is 361 g/mol. The highest BCUT2D eigenvalue weighted by Crippen LogP contribution is 2.19. The van der Waals surface area contributed by atoms with Crippen LogP contribution in [0.25, 0.3) is 5.69 Å². The van der Waals surface area contributed by atoms with Gasteiger partial charge >= 0.3 is 0 Å². The lowest BCUT2D eigenvalue weighted by Crippen LogP contribution is -2.46. The number of halogens is 2. The SMILES string of the molecule is CNC1CCCN(CC(=O)Nc2cc(-n3nnnc3C)ccc2F)C1.Cl. The van der Waals surface area contributed by atoms with Crippen LogP contribution >= 0.6 is 12.4 Å². The van der Waals surface area contributed by atoms with Crippen molar-refractivity contribution in [2.45, 2.75) is 25.8 Å². The second kappa shape index (κ2) is 9.02. The molecule has 1 aliphatic heterocycles. The van der Waals surface area contributed by atoms with Gasteiger partial charge < -0.3 is 10.6 Å². The first kappa shape index (κ1) is 20.2. The summed E-state index contributed by atoms with van der Waals surface area (Å²) in [5.74, 6) is -0.147. The van der Waals surface area contributed by atoms with Crippen molar-refractivity contribution in [3.8, 4) is 5.69 Å². The number of nitrogens with zero attached hydrogens (tertiary/aromatic N) is 5. The van der Waals surface area contributed by atoms with Gasteiger partial charge in [-0.25, -0.2) is 4.39 Å². The Labute approximate surface area is 157 Å². The van der Waals surface area contributed by atoms with Crippen molar-refractivity contribution in [3.05, 3.63) is 29.8 Å². The quantitative estimate of drug-likeness (QED) is 0.805. The predicted octanol–water partition coefficient (Wildman–Crippen LogP) is 1.15. The van der Waals surface area contributed by atoms with E-state index in [-0.39, 0.29) is 30.5 Å². The van der Waals surface area contributed by atoms with Gasteiger partial charge in [-0.05, 0) is 62.0 Å². The van der Waals surface area contributed by atoms with Gasteiger partial charge in [0.1, 0.15) is 5.82 Å². The van der Waals surface area contributed by atoms with Gasteiger partial charge in [0.25, 0.3) is 0 Å². The fourth-order valence-corrected chi connectivity index (χ4v) is 3.04. The summed E-state index contributed by atoms with van der Waals surface area (Å²) in [4.78, 5) is 14.4. The molecule has 26 heavy (non-hydrogen) atoms. The van der Waals surface area contributed by atoms with E-state index in [2.05, 4.69) is 31.1 Å². The smallest absolute Gasteiger partial charge is 0.238 e. The summed E-state index contributed by atoms with van der Waals surface area (Å²) in [6.45, 7) is 3.68. The Morgan fingerprint density at radius 3 is 2.92 bits per heavy atom. The number of benzene rings is 1. The molecule has 0 radical (unpaired) electrons. The first-order chi connectivity index (χ1) is 12.1. The summed E-state index contributed by atoms with van der Waals surface area (Å²) >= 11 is 0. The number of amides is 1. The summed E-state index contributed by atoms with van der Waals surface area (Å²) in [5, 5.41) is 17.1. The zero-order valence-corrected chi connectivity index (χ0v) is 15.6. The maximum Gasteiger partial charge on any atom is 0.238 e. The van der Waals surface area contributed by atoms with E-state index in [1.807, 2.05) is 7.05 Å². The number of anilines is 1. The van der Waals surface area contributed by atoms with E-state index in [4.69, 9.17) is 0 Å². The second-order valence-electron chi connectivity index (χ2n) is 6.21. The monoisotopic (exact) mass is 383 g/mol. The molecule has 2 aromatic rings. The van der Waals surface area contributed by atoms with Crippen molar-refractivity contribution in [1.29, 1.82) is 0 Å². The van der Waals surface area contributed by atoms with Gasteiger partial charge in [0.05, 0.1) is 17.9 Å². The van der Waals surface area contributed by atoms with Crippen molar-refractivity contribution in [1.82, 2.24) is 30.4 Å². The van der Waals surface area contributed by atoms with Gasteiger partial charge in [0.2, 0.25) is 5.91 Å². The second-order valence-corrected chi connectivity index (χ2v) is 6.21. The highest BCUT2D eigenvalue weighted by atomic mass is 35.5. The van der Waals surface area contributed by atoms with Gasteiger partial charge in [0, 0.05) is 12.6 Å². The number of piperidine rings is 1. The highest BCUT2D eigenvalue weighted by Gasteiger charge is 2.21. The number of rotatable bonds is 5. The number of likely N-dealkylation sites (tertiary alicyclic amines) is 1. The van der Waals surface area contributed by atoms with E-state index in [1.54, 1.807) is 13.0 Å². The van der Waals surface area contributed by atoms with Crippen LogP contribution in [0, 0.1) is 12.7 Å². The Morgan fingerprint density at radius 1 is 1.42 bits per heavy atom. The number of likely N-dealkylation sites (N-methyl/N-ethyl adjacent to an activating group) is 1. The first-order valence-electron chi connectivity index (χ1n) is 8.31. The summed E-state index contributed by atoms with van der Waals surface area (Å²) in [6.07, 6.45) is 2.15. The molecule has 1 unspecified atom stereocenters. The topological polar surface area (TPSA) is 88.0 Å². The van der Waals surface area contributed by atoms with Crippen molar-refractivity contribution in [3.63, 3.8) is 0 Å². The van der Waals surface area contributed by atoms with E-state index in [1.165, 1.54) is 16.8 Å². The molecule has 0 saturated carbocycles. The third-order valence-corrected chi connectivity index (χ3v) is 4.37. The van der Waals surface area contributed by atoms with Gasteiger partial charge in [0.15, 0.2) is 5.82 Å². The van der Waals surface area contributed by atoms with Crippen LogP contribution in [0.5, 0.6) is 0 Å². The molecule has 1 amide bonds. The third kappa shape index (κ3) is 4.75. The van der Waals surface area contributed by atoms with Crippen LogP contribution in [-0.4, -0.2) is 63.7 Å². The number of hydrogen-bond donors (Lipinski definition) is 2. The van der Waals surface area contributed by atoms with Crippen molar-refractivity contribution >= 4 is 24.0 Å². The lowest BCUT2D eigenvalue weighted by Gasteiger charge is -2.31. The number of aryl methyl sites for hydroxylation is 1. The Bertz CT molecular complexity index is 754. The number of nitrogens with one attached hydrogen (secondary N) is 2. The number of aromatic nitrogens is 4. The Kier molecular flexibility index (Phi) is 7.01. The normalized spacial score (nSPS) is 17.6. The van der Waals surface area contributed by atoms with Crippen molar-refractivity contribution in [2.75, 3.05) is 32.0 Å². The highest BCUT2D eigenvalue weighted by molar-refractivity contribution is 5.92. The molecule has 1 aliphatic rings. The van der Waals surface area contributed by atoms with Crippen LogP contribution in [0.1, 0.15) is 18.7 Å². The van der Waals surface area contributed by atoms with E-state index in [9.17, 15) is 9.18 Å². The predicted molar refractivity (Wildman–Crippen MR) is 98.2 cm³/mol. The Morgan fingerprint density at radius 2 is 2.23 bits per heavy atom. The number of carbonyl (C=O) groups excluding carboxylic acids is 1. The molecule has 1 saturated heterocycles. The van der Waals surface area contributed by atoms with Crippen LogP contribution in [0.4, 0.5) is 10.1 Å². The van der Waals surface area contributed by atoms with Crippen LogP contribution in [-0.2, 0) is 4.79 Å². The lowest BCUT2D eigenvalue weighted by atomic mass is 10.1. The van der Waals surface area contributed by atoms with Gasteiger partial charge in [-0.15, -0.1) is 17.5 Å². The van der Waals surface area contributed by atoms with Crippen LogP contribution in [0.3, 0.4) is 0 Å². The fourth-order valence-electron chi connectivity index (χ4n) is 3.04. The molecule has 1 aromatic carbocycles. The van der Waals surface area contributed by atoms with Gasteiger partial charge in [-0.1, -0.05) is 0 Å². The number of carbonyl (C=O) groups is 1. The fraction of sp³-hybridized carbons (Fsp3) is 0.500. The van der Waals surface area contributed by atoms with E-state index in [0.29, 0.717) is 17.6 Å². The average molecular weight is 384 g/mol. The maximum absolute atomic E-state index is 14.1. The minimum absolute atomic E-state index is 0. The van der Waals surface area contributed by atoms with E-state index < -0.39 is 5.82 Å². The molecule has 142 valence electrons. The molecule has 8 nitrogen and oxygen atoms in total. The molecule has 2 N–H and O–H groups in total. The standard InChI is InChI=1S/C16H22FN7O.ClH/c1-11-20-21-22-24(11)13-5-6-14(17)15(8-13)19-16(25)10-23-7-3-4-12(9-23)18-2;/h5-6,8,12,18H,3-4,7,9-10H2,1-2H3,(H,19,25);1H. The lowest BCUT2D eigenvalue weighted by molar-refractivity contribution is -0.117. The molecule has 2 heterocycles. The van der Waals surface area contributed by atoms with Gasteiger partial charge in [-0.2, -0.15) is 4.68 Å². The largest absolute Gasteiger partial charge is 0.322 e. The van der Waals surface area contributed by atoms with Crippen molar-refractivity contribution < 1.29 is 9.18 Å². The van der Waals surface area contributed by atoms with Crippen LogP contribution in [0.2, 0.25) is 0 Å². The molecule has 0 bridgehead atoms. The molecule has 0 aliphatic carbocycles. The molecule has 1 fully saturated rings. The minimum atomic E-state index is -0.491. The molecular formula is C16H23ClFN7O. The third-order valence-electron chi connectivity index (χ3n) is 4.37. The van der Waals surface area contributed by atoms with Crippen LogP contribution in [0.15, 0.2) is 18.2 Å². The van der Waals surface area contributed by atoms with E-state index >= 15 is 0 Å². The molecule has 3 rings (SSSR count). The minimum Gasteiger partial charge on any atom is -0.322 e. The first-order valence-corrected chi connectivity index (χ1v) is 8.31. The molecule has 1 atom stereocenters. The van der Waals surface area contributed by atoms with Gasteiger partial charge in [-0.3, -0.25) is 9.69 Å². The van der Waals surface area contributed by atoms with Crippen LogP contribution < -0.4 is 10.6 Å². The summed E-state index contributed by atoms with van der Waals surface area (Å²) in [7, 11) is 1.93. The molecule has 0 spiro atoms. The number of hydrogen-bond acceptors (Lipinski definition) is 6. The zero-order chi connectivity index (χ0) is 17.8. The van der Waals surface area contributed by atoms with E-state index in [0.717, 1.165) is 25.9 Å². The molecule has 1 aromatic heterocycles. The molecule has 10 heteroatoms. The Balaban J connectivity index is 0.00000243. The number of tetrazole rings is 1. The maximum atomic E-state index is 14.1. The summed E-state index contributed by atoms with van der Waals surface area (Å²) in [6, 6.07) is 4.79. The summed E-state index contributed by atoms with van der Waals surface area (Å²) < 4.78 is 15.6. The Hall–Kier alpha value is -2.10.